The molecule has 0 bridgehead atoms. The minimum Gasteiger partial charge on any atom is -0.463 e. The summed E-state index contributed by atoms with van der Waals surface area (Å²) < 4.78 is 11.7. The molecule has 44 heavy (non-hydrogen) atoms. The molecule has 1 saturated carbocycles. The highest BCUT2D eigenvalue weighted by Crippen LogP contribution is 2.29. The third-order valence-corrected chi connectivity index (χ3v) is 8.10. The van der Waals surface area contributed by atoms with Gasteiger partial charge in [-0.2, -0.15) is 0 Å². The number of esters is 1. The summed E-state index contributed by atoms with van der Waals surface area (Å²) in [4.78, 5) is 39.7. The summed E-state index contributed by atoms with van der Waals surface area (Å²) in [5, 5.41) is 15.8. The normalized spacial score (nSPS) is 15.8. The van der Waals surface area contributed by atoms with E-state index in [2.05, 4.69) is 23.8 Å². The van der Waals surface area contributed by atoms with Crippen molar-refractivity contribution in [1.82, 2.24) is 10.6 Å². The maximum atomic E-state index is 13.5. The molecule has 0 radical (unpaired) electrons. The topological polar surface area (TPSA) is 114 Å². The molecule has 0 aliphatic heterocycles. The Hall–Kier alpha value is -3.75. The third kappa shape index (κ3) is 11.7. The molecule has 0 aromatic heterocycles. The first-order valence-electron chi connectivity index (χ1n) is 15.6. The van der Waals surface area contributed by atoms with Crippen LogP contribution in [0.3, 0.4) is 0 Å². The van der Waals surface area contributed by atoms with Crippen LogP contribution in [0.2, 0.25) is 0 Å². The predicted molar refractivity (Wildman–Crippen MR) is 171 cm³/mol. The molecular formula is C36H48N2O6. The highest BCUT2D eigenvalue weighted by molar-refractivity contribution is 5.86. The summed E-state index contributed by atoms with van der Waals surface area (Å²) >= 11 is 0. The van der Waals surface area contributed by atoms with Gasteiger partial charge >= 0.3 is 5.97 Å². The molecule has 3 rings (SSSR count). The number of hydrogen-bond acceptors (Lipinski definition) is 6. The molecule has 2 aromatic carbocycles. The van der Waals surface area contributed by atoms with E-state index >= 15 is 0 Å². The Balaban J connectivity index is 1.65. The molecule has 8 nitrogen and oxygen atoms in total. The molecule has 2 amide bonds. The Morgan fingerprint density at radius 3 is 2.18 bits per heavy atom. The molecular weight excluding hydrogens is 556 g/mol. The average Bonchev–Trinajstić information content (AvgIpc) is 3.51. The van der Waals surface area contributed by atoms with Crippen LogP contribution in [0.25, 0.3) is 0 Å². The first-order chi connectivity index (χ1) is 21.4. The number of aliphatic hydroxyl groups is 1. The Kier molecular flexibility index (Phi) is 14.9. The van der Waals surface area contributed by atoms with Crippen LogP contribution in [0.4, 0.5) is 0 Å². The van der Waals surface area contributed by atoms with Crippen LogP contribution in [-0.2, 0) is 36.9 Å². The monoisotopic (exact) mass is 604 g/mol. The SMILES string of the molecule is C=CCC[C@H](Cc1ccccc1)C(=O)OC[C@H](COCc1ccccc1)NC(=O)[C@@H](CC=C)CC(=O)NC1(CO)CCCC1. The number of allylic oxidation sites excluding steroid dienone is 2. The second-order valence-electron chi connectivity index (χ2n) is 11.7. The van der Waals surface area contributed by atoms with Crippen LogP contribution in [-0.4, -0.2) is 54.3 Å². The molecule has 0 saturated heterocycles. The third-order valence-electron chi connectivity index (χ3n) is 8.10. The van der Waals surface area contributed by atoms with E-state index < -0.39 is 17.5 Å². The van der Waals surface area contributed by atoms with Crippen molar-refractivity contribution in [2.24, 2.45) is 11.8 Å². The minimum atomic E-state index is -0.671. The van der Waals surface area contributed by atoms with Gasteiger partial charge in [0.15, 0.2) is 0 Å². The molecule has 3 N–H and O–H groups in total. The predicted octanol–water partition coefficient (Wildman–Crippen LogP) is 5.06. The van der Waals surface area contributed by atoms with Gasteiger partial charge in [0, 0.05) is 6.42 Å². The van der Waals surface area contributed by atoms with Gasteiger partial charge in [0.2, 0.25) is 11.8 Å². The zero-order valence-electron chi connectivity index (χ0n) is 25.8. The van der Waals surface area contributed by atoms with Crippen LogP contribution >= 0.6 is 0 Å². The molecule has 1 aliphatic rings. The Labute approximate surface area is 261 Å². The molecule has 3 atom stereocenters. The lowest BCUT2D eigenvalue weighted by molar-refractivity contribution is -0.150. The van der Waals surface area contributed by atoms with E-state index in [0.717, 1.165) is 36.8 Å². The van der Waals surface area contributed by atoms with Gasteiger partial charge in [-0.3, -0.25) is 14.4 Å². The Morgan fingerprint density at radius 1 is 0.909 bits per heavy atom. The molecule has 2 aromatic rings. The van der Waals surface area contributed by atoms with Crippen LogP contribution in [0.5, 0.6) is 0 Å². The van der Waals surface area contributed by atoms with E-state index in [1.165, 1.54) is 0 Å². The fourth-order valence-corrected chi connectivity index (χ4v) is 5.59. The molecule has 1 aliphatic carbocycles. The van der Waals surface area contributed by atoms with Crippen molar-refractivity contribution in [2.45, 2.75) is 76.0 Å². The summed E-state index contributed by atoms with van der Waals surface area (Å²) in [5.41, 5.74) is 1.41. The van der Waals surface area contributed by atoms with E-state index in [-0.39, 0.29) is 49.9 Å². The number of benzene rings is 2. The van der Waals surface area contributed by atoms with Crippen molar-refractivity contribution in [2.75, 3.05) is 19.8 Å². The summed E-state index contributed by atoms with van der Waals surface area (Å²) in [6.07, 6.45) is 8.81. The van der Waals surface area contributed by atoms with Gasteiger partial charge in [-0.15, -0.1) is 13.2 Å². The summed E-state index contributed by atoms with van der Waals surface area (Å²) in [6.45, 7) is 7.81. The lowest BCUT2D eigenvalue weighted by Crippen LogP contribution is -2.50. The van der Waals surface area contributed by atoms with E-state index in [9.17, 15) is 19.5 Å². The van der Waals surface area contributed by atoms with E-state index in [4.69, 9.17) is 9.47 Å². The smallest absolute Gasteiger partial charge is 0.309 e. The number of carbonyl (C=O) groups excluding carboxylic acids is 3. The standard InChI is InChI=1S/C36H48N2O6/c1-3-5-19-31(22-28-15-8-6-9-16-28)35(42)44-26-32(25-43-24-29-17-10-7-11-18-29)37-34(41)30(14-4-2)23-33(40)38-36(27-39)20-12-13-21-36/h3-4,6-11,15-18,30-32,39H,1-2,5,12-14,19-27H2,(H,37,41)(H,38,40)/t30-,31+,32-/m0/s1. The van der Waals surface area contributed by atoms with Gasteiger partial charge in [-0.05, 0) is 49.7 Å². The van der Waals surface area contributed by atoms with Crippen LogP contribution in [0, 0.1) is 11.8 Å². The highest BCUT2D eigenvalue weighted by atomic mass is 16.5. The number of carbonyl (C=O) groups is 3. The van der Waals surface area contributed by atoms with Gasteiger partial charge in [-0.25, -0.2) is 0 Å². The average molecular weight is 605 g/mol. The van der Waals surface area contributed by atoms with Gasteiger partial charge in [0.05, 0.1) is 43.2 Å². The largest absolute Gasteiger partial charge is 0.463 e. The Morgan fingerprint density at radius 2 is 1.57 bits per heavy atom. The van der Waals surface area contributed by atoms with Crippen LogP contribution in [0.15, 0.2) is 86.0 Å². The first-order valence-corrected chi connectivity index (χ1v) is 15.6. The van der Waals surface area contributed by atoms with Crippen LogP contribution < -0.4 is 10.6 Å². The van der Waals surface area contributed by atoms with Crippen LogP contribution in [0.1, 0.15) is 62.5 Å². The summed E-state index contributed by atoms with van der Waals surface area (Å²) in [5.74, 6) is -2.00. The highest BCUT2D eigenvalue weighted by Gasteiger charge is 2.35. The number of hydrogen-bond donors (Lipinski definition) is 3. The van der Waals surface area contributed by atoms with E-state index in [0.29, 0.717) is 32.3 Å². The first kappa shape index (κ1) is 34.7. The summed E-state index contributed by atoms with van der Waals surface area (Å²) in [7, 11) is 0. The Bertz CT molecular complexity index is 1180. The zero-order valence-corrected chi connectivity index (χ0v) is 25.8. The number of rotatable bonds is 20. The number of amides is 2. The van der Waals surface area contributed by atoms with Crippen molar-refractivity contribution in [3.05, 3.63) is 97.1 Å². The van der Waals surface area contributed by atoms with Gasteiger partial charge in [0.1, 0.15) is 6.61 Å². The zero-order chi connectivity index (χ0) is 31.6. The number of nitrogens with one attached hydrogen (secondary N) is 2. The van der Waals surface area contributed by atoms with Gasteiger partial charge in [-0.1, -0.05) is 85.7 Å². The van der Waals surface area contributed by atoms with Crippen molar-refractivity contribution in [3.8, 4) is 0 Å². The molecule has 0 unspecified atom stereocenters. The lowest BCUT2D eigenvalue weighted by Gasteiger charge is -2.29. The van der Waals surface area contributed by atoms with Crippen molar-refractivity contribution >= 4 is 17.8 Å². The van der Waals surface area contributed by atoms with E-state index in [1.807, 2.05) is 60.7 Å². The fourth-order valence-electron chi connectivity index (χ4n) is 5.59. The van der Waals surface area contributed by atoms with Gasteiger partial charge < -0.3 is 25.2 Å². The van der Waals surface area contributed by atoms with Crippen molar-refractivity contribution in [1.29, 1.82) is 0 Å². The summed E-state index contributed by atoms with van der Waals surface area (Å²) in [6, 6.07) is 18.8. The molecule has 1 fully saturated rings. The number of aliphatic hydroxyl groups excluding tert-OH is 1. The number of ether oxygens (including phenoxy) is 2. The quantitative estimate of drug-likeness (QED) is 0.144. The second-order valence-corrected chi connectivity index (χ2v) is 11.7. The minimum absolute atomic E-state index is 0.0440. The van der Waals surface area contributed by atoms with E-state index in [1.54, 1.807) is 12.2 Å². The molecule has 0 spiro atoms. The molecule has 238 valence electrons. The maximum Gasteiger partial charge on any atom is 0.309 e. The second kappa shape index (κ2) is 18.8. The fraction of sp³-hybridized carbons (Fsp3) is 0.472. The molecule has 8 heteroatoms. The lowest BCUT2D eigenvalue weighted by atomic mass is 9.95. The molecule has 0 heterocycles. The maximum absolute atomic E-state index is 13.5. The van der Waals surface area contributed by atoms with Crippen molar-refractivity contribution < 1.29 is 29.0 Å². The van der Waals surface area contributed by atoms with Gasteiger partial charge in [0.25, 0.3) is 0 Å². The van der Waals surface area contributed by atoms with Crippen molar-refractivity contribution in [3.63, 3.8) is 0 Å².